The molecule has 1 saturated heterocycles. The summed E-state index contributed by atoms with van der Waals surface area (Å²) in [5.74, 6) is 0.259. The van der Waals surface area contributed by atoms with Gasteiger partial charge in [0.2, 0.25) is 0 Å². The van der Waals surface area contributed by atoms with E-state index in [0.717, 1.165) is 21.2 Å². The molecule has 1 aliphatic heterocycles. The van der Waals surface area contributed by atoms with Crippen LogP contribution < -0.4 is 10.1 Å². The number of nitrogens with zero attached hydrogens (tertiary/aromatic N) is 1. The number of rotatable bonds is 6. The standard InChI is InChI=1S/C24H24N2O4/c1-16-10-12-18(13-11-16)24(2)22(28)26(23(29)25-24)14-19(27)15-30-21-9-5-7-17-6-3-4-8-20(17)21/h3-13,19,27H,14-15H2,1-2H3,(H,25,29). The van der Waals surface area contributed by atoms with Crippen LogP contribution in [0.5, 0.6) is 5.75 Å². The summed E-state index contributed by atoms with van der Waals surface area (Å²) in [7, 11) is 0. The molecule has 0 radical (unpaired) electrons. The Bertz CT molecular complexity index is 1090. The maximum absolute atomic E-state index is 13.0. The average Bonchev–Trinajstić information content (AvgIpc) is 2.96. The van der Waals surface area contributed by atoms with Gasteiger partial charge in [0.15, 0.2) is 0 Å². The number of benzene rings is 3. The predicted octanol–water partition coefficient (Wildman–Crippen LogP) is 3.36. The molecule has 0 aromatic heterocycles. The lowest BCUT2D eigenvalue weighted by Crippen LogP contribution is -2.42. The van der Waals surface area contributed by atoms with Gasteiger partial charge in [-0.15, -0.1) is 0 Å². The van der Waals surface area contributed by atoms with Crippen LogP contribution in [0.1, 0.15) is 18.1 Å². The first kappa shape index (κ1) is 19.9. The van der Waals surface area contributed by atoms with Gasteiger partial charge >= 0.3 is 6.03 Å². The molecule has 2 atom stereocenters. The van der Waals surface area contributed by atoms with Gasteiger partial charge in [-0.2, -0.15) is 0 Å². The molecular formula is C24H24N2O4. The molecule has 154 valence electrons. The number of hydrogen-bond acceptors (Lipinski definition) is 4. The number of imide groups is 1. The number of aryl methyl sites for hydroxylation is 1. The molecule has 1 heterocycles. The minimum Gasteiger partial charge on any atom is -0.490 e. The molecule has 0 bridgehead atoms. The molecule has 3 amide bonds. The van der Waals surface area contributed by atoms with E-state index in [4.69, 9.17) is 4.74 Å². The zero-order valence-electron chi connectivity index (χ0n) is 17.0. The number of fused-ring (bicyclic) bond motifs is 1. The normalized spacial score (nSPS) is 19.8. The summed E-state index contributed by atoms with van der Waals surface area (Å²) in [6.07, 6.45) is -1.01. The van der Waals surface area contributed by atoms with Crippen molar-refractivity contribution in [2.24, 2.45) is 0 Å². The molecule has 1 aliphatic rings. The smallest absolute Gasteiger partial charge is 0.325 e. The molecule has 0 spiro atoms. The fourth-order valence-electron chi connectivity index (χ4n) is 3.72. The molecule has 4 rings (SSSR count). The lowest BCUT2D eigenvalue weighted by Gasteiger charge is -2.23. The Hall–Kier alpha value is -3.38. The Morgan fingerprint density at radius 1 is 1.03 bits per heavy atom. The number of hydrogen-bond donors (Lipinski definition) is 2. The molecule has 0 aliphatic carbocycles. The number of β-amino-alcohol motifs (C(OH)–C–C–N with tert-alkyl or cyclic N) is 1. The van der Waals surface area contributed by atoms with Gasteiger partial charge < -0.3 is 15.2 Å². The van der Waals surface area contributed by atoms with Gasteiger partial charge in [-0.1, -0.05) is 66.2 Å². The number of aliphatic hydroxyl groups excluding tert-OH is 1. The monoisotopic (exact) mass is 404 g/mol. The van der Waals surface area contributed by atoms with Gasteiger partial charge in [-0.25, -0.2) is 4.79 Å². The Kier molecular flexibility index (Phi) is 5.18. The summed E-state index contributed by atoms with van der Waals surface area (Å²) in [6, 6.07) is 20.4. The Labute approximate surface area is 175 Å². The lowest BCUT2D eigenvalue weighted by molar-refractivity contribution is -0.132. The van der Waals surface area contributed by atoms with Crippen molar-refractivity contribution in [2.75, 3.05) is 13.2 Å². The maximum atomic E-state index is 13.0. The van der Waals surface area contributed by atoms with Crippen LogP contribution in [0.25, 0.3) is 10.8 Å². The number of urea groups is 1. The number of ether oxygens (including phenoxy) is 1. The van der Waals surface area contributed by atoms with Crippen molar-refractivity contribution in [1.82, 2.24) is 10.2 Å². The highest BCUT2D eigenvalue weighted by Crippen LogP contribution is 2.29. The number of carbonyl (C=O) groups excluding carboxylic acids is 2. The quantitative estimate of drug-likeness (QED) is 0.618. The highest BCUT2D eigenvalue weighted by molar-refractivity contribution is 6.07. The number of amides is 3. The summed E-state index contributed by atoms with van der Waals surface area (Å²) in [6.45, 7) is 3.46. The summed E-state index contributed by atoms with van der Waals surface area (Å²) < 4.78 is 5.79. The summed E-state index contributed by atoms with van der Waals surface area (Å²) in [4.78, 5) is 26.5. The van der Waals surface area contributed by atoms with Gasteiger partial charge in [0.1, 0.15) is 24.0 Å². The minimum absolute atomic E-state index is 0.0354. The minimum atomic E-state index is -1.15. The molecule has 3 aromatic rings. The Balaban J connectivity index is 1.44. The van der Waals surface area contributed by atoms with Crippen molar-refractivity contribution in [2.45, 2.75) is 25.5 Å². The van der Waals surface area contributed by atoms with Crippen LogP contribution in [-0.4, -0.2) is 41.2 Å². The van der Waals surface area contributed by atoms with E-state index < -0.39 is 17.7 Å². The maximum Gasteiger partial charge on any atom is 0.325 e. The Morgan fingerprint density at radius 3 is 2.50 bits per heavy atom. The second-order valence-corrected chi connectivity index (χ2v) is 7.78. The van der Waals surface area contributed by atoms with Crippen molar-refractivity contribution < 1.29 is 19.4 Å². The number of carbonyl (C=O) groups is 2. The Morgan fingerprint density at radius 2 is 1.73 bits per heavy atom. The zero-order chi connectivity index (χ0) is 21.3. The molecule has 3 aromatic carbocycles. The molecule has 6 nitrogen and oxygen atoms in total. The average molecular weight is 404 g/mol. The van der Waals surface area contributed by atoms with Crippen LogP contribution in [-0.2, 0) is 10.3 Å². The highest BCUT2D eigenvalue weighted by atomic mass is 16.5. The van der Waals surface area contributed by atoms with E-state index in [1.54, 1.807) is 6.92 Å². The van der Waals surface area contributed by atoms with E-state index in [0.29, 0.717) is 11.3 Å². The first-order chi connectivity index (χ1) is 14.4. The molecule has 2 N–H and O–H groups in total. The third kappa shape index (κ3) is 3.62. The molecule has 6 heteroatoms. The van der Waals surface area contributed by atoms with Crippen molar-refractivity contribution >= 4 is 22.7 Å². The van der Waals surface area contributed by atoms with Crippen molar-refractivity contribution in [3.8, 4) is 5.75 Å². The molecule has 1 fully saturated rings. The molecule has 2 unspecified atom stereocenters. The van der Waals surface area contributed by atoms with Gasteiger partial charge in [0.05, 0.1) is 6.54 Å². The van der Waals surface area contributed by atoms with Crippen molar-refractivity contribution in [3.05, 3.63) is 77.9 Å². The van der Waals surface area contributed by atoms with Crippen molar-refractivity contribution in [1.29, 1.82) is 0 Å². The van der Waals surface area contributed by atoms with Crippen LogP contribution in [0.15, 0.2) is 66.7 Å². The zero-order valence-corrected chi connectivity index (χ0v) is 17.0. The van der Waals surface area contributed by atoms with Crippen LogP contribution >= 0.6 is 0 Å². The third-order valence-electron chi connectivity index (χ3n) is 5.48. The van der Waals surface area contributed by atoms with Crippen LogP contribution in [0, 0.1) is 6.92 Å². The SMILES string of the molecule is Cc1ccc(C2(C)NC(=O)N(CC(O)COc3cccc4ccccc34)C2=O)cc1. The van der Waals surface area contributed by atoms with Crippen molar-refractivity contribution in [3.63, 3.8) is 0 Å². The second-order valence-electron chi connectivity index (χ2n) is 7.78. The van der Waals surface area contributed by atoms with E-state index in [9.17, 15) is 14.7 Å². The number of aliphatic hydroxyl groups is 1. The first-order valence-electron chi connectivity index (χ1n) is 9.88. The summed E-state index contributed by atoms with van der Waals surface area (Å²) >= 11 is 0. The first-order valence-corrected chi connectivity index (χ1v) is 9.88. The van der Waals surface area contributed by atoms with Gasteiger partial charge in [0.25, 0.3) is 5.91 Å². The molecular weight excluding hydrogens is 380 g/mol. The highest BCUT2D eigenvalue weighted by Gasteiger charge is 2.49. The van der Waals surface area contributed by atoms with E-state index in [1.165, 1.54) is 0 Å². The van der Waals surface area contributed by atoms with Crippen LogP contribution in [0.4, 0.5) is 4.79 Å². The van der Waals surface area contributed by atoms with Gasteiger partial charge in [0, 0.05) is 5.39 Å². The van der Waals surface area contributed by atoms with Gasteiger partial charge in [-0.3, -0.25) is 9.69 Å². The largest absolute Gasteiger partial charge is 0.490 e. The molecule has 30 heavy (non-hydrogen) atoms. The number of nitrogens with one attached hydrogen (secondary N) is 1. The van der Waals surface area contributed by atoms with Crippen LogP contribution in [0.3, 0.4) is 0 Å². The van der Waals surface area contributed by atoms with E-state index >= 15 is 0 Å². The summed E-state index contributed by atoms with van der Waals surface area (Å²) in [5, 5.41) is 15.2. The summed E-state index contributed by atoms with van der Waals surface area (Å²) in [5.41, 5.74) is 0.619. The van der Waals surface area contributed by atoms with Crippen LogP contribution in [0.2, 0.25) is 0 Å². The second kappa shape index (κ2) is 7.80. The van der Waals surface area contributed by atoms with E-state index in [-0.39, 0.29) is 19.1 Å². The fraction of sp³-hybridized carbons (Fsp3) is 0.250. The third-order valence-corrected chi connectivity index (χ3v) is 5.48. The lowest BCUT2D eigenvalue weighted by atomic mass is 9.91. The predicted molar refractivity (Wildman–Crippen MR) is 114 cm³/mol. The van der Waals surface area contributed by atoms with E-state index in [2.05, 4.69) is 5.32 Å². The fourth-order valence-corrected chi connectivity index (χ4v) is 3.72. The topological polar surface area (TPSA) is 78.9 Å². The van der Waals surface area contributed by atoms with E-state index in [1.807, 2.05) is 73.7 Å². The molecule has 0 saturated carbocycles. The van der Waals surface area contributed by atoms with Gasteiger partial charge in [-0.05, 0) is 30.9 Å².